The van der Waals surface area contributed by atoms with Crippen LogP contribution in [0.15, 0.2) is 36.5 Å². The van der Waals surface area contributed by atoms with E-state index in [2.05, 4.69) is 28.1 Å². The van der Waals surface area contributed by atoms with E-state index in [4.69, 9.17) is 19.7 Å². The lowest BCUT2D eigenvalue weighted by molar-refractivity contribution is 0.0832. The average Bonchev–Trinajstić information content (AvgIpc) is 3.81. The molecular formula is C36H41FN6O2. The van der Waals surface area contributed by atoms with E-state index in [-0.39, 0.29) is 28.5 Å². The van der Waals surface area contributed by atoms with Crippen LogP contribution in [-0.2, 0) is 6.42 Å². The Morgan fingerprint density at radius 2 is 1.96 bits per heavy atom. The summed E-state index contributed by atoms with van der Waals surface area (Å²) in [6.45, 7) is 5.38. The molecule has 2 aromatic carbocycles. The van der Waals surface area contributed by atoms with Gasteiger partial charge in [-0.1, -0.05) is 31.5 Å². The van der Waals surface area contributed by atoms with Crippen molar-refractivity contribution in [3.05, 3.63) is 47.9 Å². The van der Waals surface area contributed by atoms with E-state index in [0.29, 0.717) is 41.5 Å². The number of rotatable bonds is 6. The summed E-state index contributed by atoms with van der Waals surface area (Å²) in [4.78, 5) is 19.5. The van der Waals surface area contributed by atoms with Crippen LogP contribution in [0.2, 0.25) is 0 Å². The van der Waals surface area contributed by atoms with E-state index in [1.807, 2.05) is 12.1 Å². The van der Waals surface area contributed by atoms with Crippen molar-refractivity contribution < 1.29 is 14.2 Å². The molecule has 0 amide bonds. The fourth-order valence-electron chi connectivity index (χ4n) is 9.72. The SMILES string of the molecule is CCc1cccc2cc(O)cc(-c3ncc4c(N5CC6CCC(C5)N6)nc(OC[C@]56CCCN5[C@H]5CCC[C@H]5C6)nc4c3F)c12. The minimum absolute atomic E-state index is 0.0291. The smallest absolute Gasteiger partial charge is 0.319 e. The molecule has 9 rings (SSSR count). The van der Waals surface area contributed by atoms with Crippen LogP contribution < -0.4 is 15.0 Å². The van der Waals surface area contributed by atoms with Gasteiger partial charge in [-0.2, -0.15) is 9.97 Å². The Bertz CT molecular complexity index is 1800. The van der Waals surface area contributed by atoms with Crippen LogP contribution in [0.4, 0.5) is 10.2 Å². The number of nitrogens with one attached hydrogen (secondary N) is 1. The highest BCUT2D eigenvalue weighted by molar-refractivity contribution is 6.01. The van der Waals surface area contributed by atoms with Gasteiger partial charge in [0, 0.05) is 43.0 Å². The van der Waals surface area contributed by atoms with Crippen LogP contribution in [0.25, 0.3) is 32.9 Å². The second-order valence-electron chi connectivity index (χ2n) is 14.2. The molecule has 2 aromatic heterocycles. The third kappa shape index (κ3) is 4.41. The fourth-order valence-corrected chi connectivity index (χ4v) is 9.72. The van der Waals surface area contributed by atoms with Crippen LogP contribution in [0.3, 0.4) is 0 Å². The largest absolute Gasteiger partial charge is 0.508 e. The molecule has 45 heavy (non-hydrogen) atoms. The van der Waals surface area contributed by atoms with Crippen LogP contribution in [0.1, 0.15) is 63.9 Å². The molecule has 1 saturated carbocycles. The quantitative estimate of drug-likeness (QED) is 0.277. The van der Waals surface area contributed by atoms with Crippen molar-refractivity contribution in [3.63, 3.8) is 0 Å². The van der Waals surface area contributed by atoms with Crippen LogP contribution in [-0.4, -0.2) is 74.9 Å². The number of pyridine rings is 1. The number of hydrogen-bond donors (Lipinski definition) is 2. The number of phenols is 1. The maximum Gasteiger partial charge on any atom is 0.319 e. The molecule has 8 nitrogen and oxygen atoms in total. The van der Waals surface area contributed by atoms with Gasteiger partial charge >= 0.3 is 6.01 Å². The zero-order chi connectivity index (χ0) is 30.3. The van der Waals surface area contributed by atoms with Gasteiger partial charge < -0.3 is 20.1 Å². The number of phenolic OH excluding ortho intramolecular Hbond substituents is 1. The Balaban J connectivity index is 1.16. The van der Waals surface area contributed by atoms with E-state index >= 15 is 4.39 Å². The first-order chi connectivity index (χ1) is 22.0. The molecule has 2 N–H and O–H groups in total. The Morgan fingerprint density at radius 1 is 1.09 bits per heavy atom. The standard InChI is InChI=1S/C36H41FN6O2/c1-2-21-6-3-7-22-14-26(44)15-27(30(21)22)32-31(37)33-28(17-38-32)34(42-18-24-10-11-25(19-42)39-24)41-35(40-33)45-20-36-12-5-13-43(36)29-9-4-8-23(29)16-36/h3,6-7,14-15,17,23-25,29,39,44H,2,4-5,8-13,16,18-20H2,1H3/t23-,24?,25?,29-,36+/m0/s1. The third-order valence-electron chi connectivity index (χ3n) is 11.6. The molecule has 0 radical (unpaired) electrons. The molecular weight excluding hydrogens is 567 g/mol. The number of halogens is 1. The lowest BCUT2D eigenvalue weighted by Gasteiger charge is -2.35. The molecule has 2 bridgehead atoms. The third-order valence-corrected chi connectivity index (χ3v) is 11.6. The topological polar surface area (TPSA) is 86.6 Å². The number of ether oxygens (including phenoxy) is 1. The Morgan fingerprint density at radius 3 is 2.80 bits per heavy atom. The molecule has 1 aliphatic carbocycles. The summed E-state index contributed by atoms with van der Waals surface area (Å²) in [5.74, 6) is 1.03. The first-order valence-corrected chi connectivity index (χ1v) is 17.0. The molecule has 5 atom stereocenters. The molecule has 5 aliphatic rings. The highest BCUT2D eigenvalue weighted by atomic mass is 19.1. The van der Waals surface area contributed by atoms with Crippen LogP contribution >= 0.6 is 0 Å². The van der Waals surface area contributed by atoms with Crippen molar-refractivity contribution >= 4 is 27.5 Å². The molecule has 2 unspecified atom stereocenters. The van der Waals surface area contributed by atoms with Gasteiger partial charge in [-0.3, -0.25) is 9.88 Å². The molecule has 234 valence electrons. The molecule has 4 saturated heterocycles. The van der Waals surface area contributed by atoms with Gasteiger partial charge in [-0.25, -0.2) is 4.39 Å². The second-order valence-corrected chi connectivity index (χ2v) is 14.2. The van der Waals surface area contributed by atoms with Gasteiger partial charge in [0.25, 0.3) is 0 Å². The molecule has 4 aliphatic heterocycles. The number of aromatic nitrogens is 3. The van der Waals surface area contributed by atoms with Gasteiger partial charge in [0.05, 0.1) is 10.9 Å². The minimum atomic E-state index is -0.507. The Labute approximate surface area is 263 Å². The predicted molar refractivity (Wildman–Crippen MR) is 173 cm³/mol. The van der Waals surface area contributed by atoms with Gasteiger partial charge in [0.1, 0.15) is 29.4 Å². The van der Waals surface area contributed by atoms with E-state index in [0.717, 1.165) is 67.6 Å². The summed E-state index contributed by atoms with van der Waals surface area (Å²) in [7, 11) is 0. The van der Waals surface area contributed by atoms with Gasteiger partial charge in [0.15, 0.2) is 5.82 Å². The zero-order valence-corrected chi connectivity index (χ0v) is 25.9. The molecule has 5 fully saturated rings. The lowest BCUT2D eigenvalue weighted by Crippen LogP contribution is -2.51. The summed E-state index contributed by atoms with van der Waals surface area (Å²) < 4.78 is 23.5. The van der Waals surface area contributed by atoms with Crippen molar-refractivity contribution in [3.8, 4) is 23.0 Å². The molecule has 6 heterocycles. The van der Waals surface area contributed by atoms with E-state index in [1.165, 1.54) is 32.1 Å². The molecule has 0 spiro atoms. The maximum absolute atomic E-state index is 16.9. The summed E-state index contributed by atoms with van der Waals surface area (Å²) in [5, 5.41) is 16.7. The highest BCUT2D eigenvalue weighted by Gasteiger charge is 2.55. The zero-order valence-electron chi connectivity index (χ0n) is 25.9. The normalized spacial score (nSPS) is 29.2. The number of nitrogens with zero attached hydrogens (tertiary/aromatic N) is 5. The van der Waals surface area contributed by atoms with Crippen molar-refractivity contribution in [2.75, 3.05) is 31.1 Å². The van der Waals surface area contributed by atoms with Crippen LogP contribution in [0.5, 0.6) is 11.8 Å². The van der Waals surface area contributed by atoms with Gasteiger partial charge in [-0.15, -0.1) is 0 Å². The van der Waals surface area contributed by atoms with Crippen LogP contribution in [0, 0.1) is 11.7 Å². The molecule has 4 aromatic rings. The monoisotopic (exact) mass is 608 g/mol. The predicted octanol–water partition coefficient (Wildman–Crippen LogP) is 5.98. The number of hydrogen-bond acceptors (Lipinski definition) is 8. The summed E-state index contributed by atoms with van der Waals surface area (Å²) >= 11 is 0. The average molecular weight is 609 g/mol. The Kier molecular flexibility index (Phi) is 6.46. The van der Waals surface area contributed by atoms with E-state index in [1.54, 1.807) is 18.3 Å². The number of piperazine rings is 1. The number of fused-ring (bicyclic) bond motifs is 7. The Hall–Kier alpha value is -3.56. The lowest BCUT2D eigenvalue weighted by atomic mass is 9.90. The van der Waals surface area contributed by atoms with Gasteiger partial charge in [-0.05, 0) is 92.3 Å². The van der Waals surface area contributed by atoms with Crippen molar-refractivity contribution in [1.29, 1.82) is 0 Å². The van der Waals surface area contributed by atoms with E-state index < -0.39 is 5.82 Å². The number of aryl methyl sites for hydroxylation is 1. The second kappa shape index (κ2) is 10.5. The first-order valence-electron chi connectivity index (χ1n) is 17.0. The van der Waals surface area contributed by atoms with Gasteiger partial charge in [0.2, 0.25) is 0 Å². The summed E-state index contributed by atoms with van der Waals surface area (Å²) in [6.07, 6.45) is 12.2. The number of aromatic hydroxyl groups is 1. The minimum Gasteiger partial charge on any atom is -0.508 e. The summed E-state index contributed by atoms with van der Waals surface area (Å²) in [5.41, 5.74) is 2.09. The number of benzene rings is 2. The highest BCUT2D eigenvalue weighted by Crippen LogP contribution is 2.51. The van der Waals surface area contributed by atoms with Crippen molar-refractivity contribution in [2.24, 2.45) is 5.92 Å². The maximum atomic E-state index is 16.9. The summed E-state index contributed by atoms with van der Waals surface area (Å²) in [6, 6.07) is 11.0. The molecule has 9 heteroatoms. The first kappa shape index (κ1) is 27.7. The van der Waals surface area contributed by atoms with Crippen molar-refractivity contribution in [1.82, 2.24) is 25.2 Å². The number of anilines is 1. The van der Waals surface area contributed by atoms with Crippen molar-refractivity contribution in [2.45, 2.75) is 88.4 Å². The fraction of sp³-hybridized carbons (Fsp3) is 0.528. The van der Waals surface area contributed by atoms with E-state index in [9.17, 15) is 5.11 Å².